The van der Waals surface area contributed by atoms with Crippen LogP contribution < -0.4 is 5.32 Å². The SMILES string of the molecule is CC(C)c1nnc(NC(=O)C2CC2)s1. The van der Waals surface area contributed by atoms with E-state index in [1.54, 1.807) is 0 Å². The minimum Gasteiger partial charge on any atom is -0.300 e. The monoisotopic (exact) mass is 211 g/mol. The van der Waals surface area contributed by atoms with E-state index < -0.39 is 0 Å². The van der Waals surface area contributed by atoms with Crippen molar-refractivity contribution in [3.8, 4) is 0 Å². The summed E-state index contributed by atoms with van der Waals surface area (Å²) in [6.45, 7) is 4.13. The fourth-order valence-corrected chi connectivity index (χ4v) is 1.82. The predicted octanol–water partition coefficient (Wildman–Crippen LogP) is 2.01. The van der Waals surface area contributed by atoms with Gasteiger partial charge in [0.2, 0.25) is 11.0 Å². The molecule has 0 unspecified atom stereocenters. The van der Waals surface area contributed by atoms with E-state index in [-0.39, 0.29) is 11.8 Å². The second-order valence-electron chi connectivity index (χ2n) is 3.86. The van der Waals surface area contributed by atoms with E-state index in [0.717, 1.165) is 17.8 Å². The van der Waals surface area contributed by atoms with Crippen LogP contribution in [0.2, 0.25) is 0 Å². The highest BCUT2D eigenvalue weighted by molar-refractivity contribution is 7.15. The third-order valence-electron chi connectivity index (χ3n) is 2.11. The number of hydrogen-bond donors (Lipinski definition) is 1. The summed E-state index contributed by atoms with van der Waals surface area (Å²) in [7, 11) is 0. The van der Waals surface area contributed by atoms with Crippen molar-refractivity contribution in [2.24, 2.45) is 5.92 Å². The third-order valence-corrected chi connectivity index (χ3v) is 3.25. The molecule has 1 aromatic rings. The van der Waals surface area contributed by atoms with E-state index in [1.165, 1.54) is 11.3 Å². The van der Waals surface area contributed by atoms with Gasteiger partial charge in [0.1, 0.15) is 5.01 Å². The van der Waals surface area contributed by atoms with Gasteiger partial charge in [-0.25, -0.2) is 0 Å². The fraction of sp³-hybridized carbons (Fsp3) is 0.667. The summed E-state index contributed by atoms with van der Waals surface area (Å²) in [5.74, 6) is 0.692. The Morgan fingerprint density at radius 1 is 1.50 bits per heavy atom. The van der Waals surface area contributed by atoms with E-state index in [4.69, 9.17) is 0 Å². The van der Waals surface area contributed by atoms with E-state index >= 15 is 0 Å². The first kappa shape index (κ1) is 9.58. The fourth-order valence-electron chi connectivity index (χ4n) is 1.07. The highest BCUT2D eigenvalue weighted by Crippen LogP contribution is 2.31. The molecule has 0 saturated heterocycles. The maximum atomic E-state index is 11.4. The Balaban J connectivity index is 1.98. The molecule has 1 heterocycles. The molecule has 1 amide bonds. The summed E-state index contributed by atoms with van der Waals surface area (Å²) >= 11 is 1.46. The molecule has 0 atom stereocenters. The molecule has 1 aromatic heterocycles. The van der Waals surface area contributed by atoms with Crippen molar-refractivity contribution in [2.45, 2.75) is 32.6 Å². The van der Waals surface area contributed by atoms with Crippen molar-refractivity contribution in [1.29, 1.82) is 0 Å². The van der Waals surface area contributed by atoms with Crippen LogP contribution in [0.4, 0.5) is 5.13 Å². The lowest BCUT2D eigenvalue weighted by molar-refractivity contribution is -0.117. The van der Waals surface area contributed by atoms with Gasteiger partial charge >= 0.3 is 0 Å². The van der Waals surface area contributed by atoms with Crippen LogP contribution in [0.5, 0.6) is 0 Å². The quantitative estimate of drug-likeness (QED) is 0.832. The lowest BCUT2D eigenvalue weighted by atomic mass is 10.2. The number of carbonyl (C=O) groups excluding carboxylic acids is 1. The Morgan fingerprint density at radius 3 is 2.71 bits per heavy atom. The van der Waals surface area contributed by atoms with E-state index in [0.29, 0.717) is 11.0 Å². The average Bonchev–Trinajstić information content (AvgIpc) is 2.87. The second-order valence-corrected chi connectivity index (χ2v) is 4.87. The Hall–Kier alpha value is -0.970. The maximum Gasteiger partial charge on any atom is 0.229 e. The van der Waals surface area contributed by atoms with Gasteiger partial charge in [0.25, 0.3) is 0 Å². The summed E-state index contributed by atoms with van der Waals surface area (Å²) in [6, 6.07) is 0. The number of rotatable bonds is 3. The Kier molecular flexibility index (Phi) is 2.50. The first-order valence-electron chi connectivity index (χ1n) is 4.81. The number of nitrogens with one attached hydrogen (secondary N) is 1. The molecule has 0 spiro atoms. The number of aromatic nitrogens is 2. The minimum absolute atomic E-state index is 0.0939. The maximum absolute atomic E-state index is 11.4. The van der Waals surface area contributed by atoms with Crippen molar-refractivity contribution in [1.82, 2.24) is 10.2 Å². The zero-order chi connectivity index (χ0) is 10.1. The lowest BCUT2D eigenvalue weighted by Gasteiger charge is -1.97. The molecule has 14 heavy (non-hydrogen) atoms. The normalized spacial score (nSPS) is 15.9. The number of hydrogen-bond acceptors (Lipinski definition) is 4. The molecule has 76 valence electrons. The molecule has 0 aromatic carbocycles. The molecule has 1 saturated carbocycles. The van der Waals surface area contributed by atoms with Crippen molar-refractivity contribution in [2.75, 3.05) is 5.32 Å². The Labute approximate surface area is 86.7 Å². The summed E-state index contributed by atoms with van der Waals surface area (Å²) in [4.78, 5) is 11.4. The average molecular weight is 211 g/mol. The van der Waals surface area contributed by atoms with Gasteiger partial charge in [-0.15, -0.1) is 10.2 Å². The molecule has 1 aliphatic rings. The van der Waals surface area contributed by atoms with Gasteiger partial charge in [0, 0.05) is 11.8 Å². The van der Waals surface area contributed by atoms with Crippen LogP contribution in [0, 0.1) is 5.92 Å². The molecular formula is C9H13N3OS. The predicted molar refractivity (Wildman–Crippen MR) is 55.4 cm³/mol. The van der Waals surface area contributed by atoms with Crippen molar-refractivity contribution >= 4 is 22.4 Å². The van der Waals surface area contributed by atoms with Crippen LogP contribution in [-0.4, -0.2) is 16.1 Å². The van der Waals surface area contributed by atoms with Crippen molar-refractivity contribution < 1.29 is 4.79 Å². The van der Waals surface area contributed by atoms with Crippen molar-refractivity contribution in [3.63, 3.8) is 0 Å². The first-order valence-corrected chi connectivity index (χ1v) is 5.62. The van der Waals surface area contributed by atoms with Gasteiger partial charge in [-0.05, 0) is 12.8 Å². The van der Waals surface area contributed by atoms with Gasteiger partial charge < -0.3 is 5.32 Å². The summed E-state index contributed by atoms with van der Waals surface area (Å²) in [5, 5.41) is 12.3. The van der Waals surface area contributed by atoms with Crippen LogP contribution in [0.15, 0.2) is 0 Å². The molecule has 0 aliphatic heterocycles. The van der Waals surface area contributed by atoms with Gasteiger partial charge in [0.15, 0.2) is 0 Å². The molecule has 1 aliphatic carbocycles. The van der Waals surface area contributed by atoms with Gasteiger partial charge in [0.05, 0.1) is 0 Å². The van der Waals surface area contributed by atoms with E-state index in [2.05, 4.69) is 29.4 Å². The Morgan fingerprint density at radius 2 is 2.21 bits per heavy atom. The van der Waals surface area contributed by atoms with Crippen LogP contribution in [-0.2, 0) is 4.79 Å². The number of carbonyl (C=O) groups is 1. The molecule has 1 fully saturated rings. The molecule has 0 bridgehead atoms. The highest BCUT2D eigenvalue weighted by atomic mass is 32.1. The zero-order valence-electron chi connectivity index (χ0n) is 8.28. The summed E-state index contributed by atoms with van der Waals surface area (Å²) in [6.07, 6.45) is 2.03. The topological polar surface area (TPSA) is 54.9 Å². The van der Waals surface area contributed by atoms with Crippen molar-refractivity contribution in [3.05, 3.63) is 5.01 Å². The van der Waals surface area contributed by atoms with Gasteiger partial charge in [-0.1, -0.05) is 25.2 Å². The van der Waals surface area contributed by atoms with E-state index in [1.807, 2.05) is 0 Å². The summed E-state index contributed by atoms with van der Waals surface area (Å²) in [5.41, 5.74) is 0. The van der Waals surface area contributed by atoms with Crippen LogP contribution in [0.1, 0.15) is 37.6 Å². The largest absolute Gasteiger partial charge is 0.300 e. The molecule has 1 N–H and O–H groups in total. The molecule has 4 nitrogen and oxygen atoms in total. The number of anilines is 1. The van der Waals surface area contributed by atoms with Crippen LogP contribution in [0.3, 0.4) is 0 Å². The number of amides is 1. The lowest BCUT2D eigenvalue weighted by Crippen LogP contribution is -2.12. The smallest absolute Gasteiger partial charge is 0.229 e. The summed E-state index contributed by atoms with van der Waals surface area (Å²) < 4.78 is 0. The van der Waals surface area contributed by atoms with Gasteiger partial charge in [-0.2, -0.15) is 0 Å². The Bertz CT molecular complexity index is 344. The molecule has 2 rings (SSSR count). The van der Waals surface area contributed by atoms with Crippen LogP contribution in [0.25, 0.3) is 0 Å². The minimum atomic E-state index is 0.0939. The van der Waals surface area contributed by atoms with E-state index in [9.17, 15) is 4.79 Å². The molecule has 5 heteroatoms. The number of nitrogens with zero attached hydrogens (tertiary/aromatic N) is 2. The van der Waals surface area contributed by atoms with Crippen LogP contribution >= 0.6 is 11.3 Å². The van der Waals surface area contributed by atoms with Gasteiger partial charge in [-0.3, -0.25) is 4.79 Å². The third kappa shape index (κ3) is 2.09. The highest BCUT2D eigenvalue weighted by Gasteiger charge is 2.30. The second kappa shape index (κ2) is 3.65. The first-order chi connectivity index (χ1) is 6.66. The zero-order valence-corrected chi connectivity index (χ0v) is 9.10. The molecule has 0 radical (unpaired) electrons. The standard InChI is InChI=1S/C9H13N3OS/c1-5(2)8-11-12-9(14-8)10-7(13)6-3-4-6/h5-6H,3-4H2,1-2H3,(H,10,12,13). The molecular weight excluding hydrogens is 198 g/mol.